The van der Waals surface area contributed by atoms with Crippen molar-refractivity contribution in [2.45, 2.75) is 0 Å². The molecule has 0 aliphatic carbocycles. The SMILES string of the molecule is N#C/C(=C\c1cnn(-c2ccccc2)c1)C(=O)Nc1ccc2c(c1)OCCO2. The van der Waals surface area contributed by atoms with Crippen LogP contribution < -0.4 is 14.8 Å². The molecule has 4 rings (SSSR count). The molecule has 7 heteroatoms. The van der Waals surface area contributed by atoms with Crippen molar-refractivity contribution in [1.29, 1.82) is 5.26 Å². The van der Waals surface area contributed by atoms with E-state index >= 15 is 0 Å². The van der Waals surface area contributed by atoms with E-state index < -0.39 is 5.91 Å². The quantitative estimate of drug-likeness (QED) is 0.561. The lowest BCUT2D eigenvalue weighted by atomic mass is 10.2. The first kappa shape index (κ1) is 17.4. The zero-order valence-corrected chi connectivity index (χ0v) is 14.8. The van der Waals surface area contributed by atoms with Gasteiger partial charge in [-0.25, -0.2) is 4.68 Å². The summed E-state index contributed by atoms with van der Waals surface area (Å²) >= 11 is 0. The van der Waals surface area contributed by atoms with Crippen molar-refractivity contribution < 1.29 is 14.3 Å². The maximum atomic E-state index is 12.5. The van der Waals surface area contributed by atoms with Crippen LogP contribution in [0.5, 0.6) is 11.5 Å². The topological polar surface area (TPSA) is 89.2 Å². The number of amides is 1. The number of carbonyl (C=O) groups is 1. The van der Waals surface area contributed by atoms with Crippen molar-refractivity contribution in [2.75, 3.05) is 18.5 Å². The first-order valence-electron chi connectivity index (χ1n) is 8.66. The lowest BCUT2D eigenvalue weighted by Crippen LogP contribution is -2.17. The fourth-order valence-electron chi connectivity index (χ4n) is 2.77. The van der Waals surface area contributed by atoms with Gasteiger partial charge in [-0.05, 0) is 30.3 Å². The van der Waals surface area contributed by atoms with E-state index in [9.17, 15) is 10.1 Å². The molecule has 28 heavy (non-hydrogen) atoms. The fraction of sp³-hybridized carbons (Fsp3) is 0.0952. The molecular weight excluding hydrogens is 356 g/mol. The molecule has 0 saturated carbocycles. The third-order valence-electron chi connectivity index (χ3n) is 4.10. The van der Waals surface area contributed by atoms with Crippen LogP contribution in [0.15, 0.2) is 66.5 Å². The third-order valence-corrected chi connectivity index (χ3v) is 4.10. The molecule has 2 heterocycles. The minimum absolute atomic E-state index is 0.0255. The summed E-state index contributed by atoms with van der Waals surface area (Å²) in [6.07, 6.45) is 4.85. The lowest BCUT2D eigenvalue weighted by Gasteiger charge is -2.18. The van der Waals surface area contributed by atoms with Crippen molar-refractivity contribution >= 4 is 17.7 Å². The second-order valence-electron chi connectivity index (χ2n) is 6.04. The van der Waals surface area contributed by atoms with Crippen LogP contribution in [0.3, 0.4) is 0 Å². The van der Waals surface area contributed by atoms with Crippen LogP contribution in [0, 0.1) is 11.3 Å². The molecule has 0 bridgehead atoms. The highest BCUT2D eigenvalue weighted by molar-refractivity contribution is 6.09. The van der Waals surface area contributed by atoms with Crippen LogP contribution in [0.2, 0.25) is 0 Å². The van der Waals surface area contributed by atoms with Gasteiger partial charge in [0.25, 0.3) is 5.91 Å². The van der Waals surface area contributed by atoms with Crippen LogP contribution in [0.4, 0.5) is 5.69 Å². The number of hydrogen-bond acceptors (Lipinski definition) is 5. The lowest BCUT2D eigenvalue weighted by molar-refractivity contribution is -0.112. The Morgan fingerprint density at radius 1 is 1.14 bits per heavy atom. The molecule has 0 spiro atoms. The smallest absolute Gasteiger partial charge is 0.266 e. The number of fused-ring (bicyclic) bond motifs is 1. The van der Waals surface area contributed by atoms with E-state index in [1.165, 1.54) is 6.08 Å². The summed E-state index contributed by atoms with van der Waals surface area (Å²) in [6, 6.07) is 16.6. The number of ether oxygens (including phenoxy) is 2. The van der Waals surface area contributed by atoms with Gasteiger partial charge in [-0.2, -0.15) is 10.4 Å². The summed E-state index contributed by atoms with van der Waals surface area (Å²) in [5, 5.41) is 16.4. The molecule has 1 aromatic heterocycles. The van der Waals surface area contributed by atoms with Gasteiger partial charge in [0, 0.05) is 23.5 Å². The van der Waals surface area contributed by atoms with E-state index in [4.69, 9.17) is 9.47 Å². The van der Waals surface area contributed by atoms with Crippen molar-refractivity contribution in [1.82, 2.24) is 9.78 Å². The number of carbonyl (C=O) groups excluding carboxylic acids is 1. The predicted octanol–water partition coefficient (Wildman–Crippen LogP) is 3.19. The number of hydrogen-bond donors (Lipinski definition) is 1. The Hall–Kier alpha value is -4.05. The molecule has 1 aliphatic heterocycles. The molecule has 1 N–H and O–H groups in total. The average molecular weight is 372 g/mol. The van der Waals surface area contributed by atoms with Gasteiger partial charge in [0.2, 0.25) is 0 Å². The Labute approximate surface area is 161 Å². The number of rotatable bonds is 4. The van der Waals surface area contributed by atoms with E-state index in [1.807, 2.05) is 36.4 Å². The van der Waals surface area contributed by atoms with Crippen molar-refractivity contribution in [3.63, 3.8) is 0 Å². The Balaban J connectivity index is 1.51. The molecule has 3 aromatic rings. The number of nitriles is 1. The first-order chi connectivity index (χ1) is 13.7. The summed E-state index contributed by atoms with van der Waals surface area (Å²) in [4.78, 5) is 12.5. The van der Waals surface area contributed by atoms with E-state index in [2.05, 4.69) is 10.4 Å². The molecule has 0 fully saturated rings. The van der Waals surface area contributed by atoms with Crippen molar-refractivity contribution in [2.24, 2.45) is 0 Å². The molecule has 0 saturated heterocycles. The summed E-state index contributed by atoms with van der Waals surface area (Å²) < 4.78 is 12.6. The number of anilines is 1. The summed E-state index contributed by atoms with van der Waals surface area (Å²) in [7, 11) is 0. The van der Waals surface area contributed by atoms with Gasteiger partial charge >= 0.3 is 0 Å². The molecule has 1 amide bonds. The van der Waals surface area contributed by atoms with Crippen molar-refractivity contribution in [3.8, 4) is 23.3 Å². The summed E-state index contributed by atoms with van der Waals surface area (Å²) in [5.74, 6) is 0.691. The number of para-hydroxylation sites is 1. The van der Waals surface area contributed by atoms with Crippen LogP contribution in [-0.2, 0) is 4.79 Å². The zero-order valence-electron chi connectivity index (χ0n) is 14.8. The molecule has 0 atom stereocenters. The van der Waals surface area contributed by atoms with Gasteiger partial charge in [0.05, 0.1) is 11.9 Å². The fourth-order valence-corrected chi connectivity index (χ4v) is 2.77. The highest BCUT2D eigenvalue weighted by Gasteiger charge is 2.15. The zero-order chi connectivity index (χ0) is 19.3. The molecule has 1 aliphatic rings. The normalized spacial score (nSPS) is 12.9. The molecule has 0 unspecified atom stereocenters. The number of aromatic nitrogens is 2. The standard InChI is InChI=1S/C21H16N4O3/c22-12-16(10-15-13-23-25(14-15)18-4-2-1-3-5-18)21(26)24-17-6-7-19-20(11-17)28-9-8-27-19/h1-7,10-11,13-14H,8-9H2,(H,24,26)/b16-10+. The monoisotopic (exact) mass is 372 g/mol. The Kier molecular flexibility index (Phi) is 4.76. The van der Waals surface area contributed by atoms with Gasteiger partial charge in [-0.15, -0.1) is 0 Å². The highest BCUT2D eigenvalue weighted by atomic mass is 16.6. The minimum Gasteiger partial charge on any atom is -0.486 e. The van der Waals surface area contributed by atoms with E-state index in [0.29, 0.717) is 36.0 Å². The molecule has 0 radical (unpaired) electrons. The molecule has 7 nitrogen and oxygen atoms in total. The maximum Gasteiger partial charge on any atom is 0.266 e. The summed E-state index contributed by atoms with van der Waals surface area (Å²) in [5.41, 5.74) is 2.04. The molecule has 2 aromatic carbocycles. The van der Waals surface area contributed by atoms with Gasteiger partial charge < -0.3 is 14.8 Å². The molecule has 138 valence electrons. The first-order valence-corrected chi connectivity index (χ1v) is 8.66. The van der Waals surface area contributed by atoms with E-state index in [-0.39, 0.29) is 5.57 Å². The van der Waals surface area contributed by atoms with Crippen molar-refractivity contribution in [3.05, 3.63) is 72.1 Å². The highest BCUT2D eigenvalue weighted by Crippen LogP contribution is 2.32. The Morgan fingerprint density at radius 3 is 2.71 bits per heavy atom. The second-order valence-corrected chi connectivity index (χ2v) is 6.04. The van der Waals surface area contributed by atoms with Gasteiger partial charge in [-0.1, -0.05) is 18.2 Å². The average Bonchev–Trinajstić information content (AvgIpc) is 3.21. The molecular formula is C21H16N4O3. The second kappa shape index (κ2) is 7.68. The van der Waals surface area contributed by atoms with Crippen LogP contribution >= 0.6 is 0 Å². The van der Waals surface area contributed by atoms with Crippen LogP contribution in [0.1, 0.15) is 5.56 Å². The number of benzene rings is 2. The largest absolute Gasteiger partial charge is 0.486 e. The Bertz CT molecular complexity index is 1080. The van der Waals surface area contributed by atoms with Gasteiger partial charge in [-0.3, -0.25) is 4.79 Å². The minimum atomic E-state index is -0.508. The number of nitrogens with one attached hydrogen (secondary N) is 1. The van der Waals surface area contributed by atoms with Crippen LogP contribution in [-0.4, -0.2) is 28.9 Å². The van der Waals surface area contributed by atoms with Gasteiger partial charge in [0.15, 0.2) is 11.5 Å². The summed E-state index contributed by atoms with van der Waals surface area (Å²) in [6.45, 7) is 0.954. The predicted molar refractivity (Wildman–Crippen MR) is 103 cm³/mol. The number of nitrogens with zero attached hydrogens (tertiary/aromatic N) is 3. The van der Waals surface area contributed by atoms with Gasteiger partial charge in [0.1, 0.15) is 24.9 Å². The Morgan fingerprint density at radius 2 is 1.93 bits per heavy atom. The van der Waals surface area contributed by atoms with E-state index in [0.717, 1.165) is 5.69 Å². The van der Waals surface area contributed by atoms with Crippen LogP contribution in [0.25, 0.3) is 11.8 Å². The third kappa shape index (κ3) is 3.71. The maximum absolute atomic E-state index is 12.5. The van der Waals surface area contributed by atoms with E-state index in [1.54, 1.807) is 35.3 Å².